The van der Waals surface area contributed by atoms with Crippen molar-refractivity contribution in [2.24, 2.45) is 0 Å². The van der Waals surface area contributed by atoms with Gasteiger partial charge in [0.25, 0.3) is 0 Å². The molecule has 2 aromatic carbocycles. The summed E-state index contributed by atoms with van der Waals surface area (Å²) in [5.41, 5.74) is 2.07. The van der Waals surface area contributed by atoms with Crippen molar-refractivity contribution in [3.05, 3.63) is 42.5 Å². The number of methoxy groups -OCH3 is 1. The number of hydrogen-bond acceptors (Lipinski definition) is 4. The van der Waals surface area contributed by atoms with Crippen LogP contribution in [-0.2, 0) is 0 Å². The number of hydrogen-bond donors (Lipinski definition) is 0. The first-order chi connectivity index (χ1) is 9.80. The Labute approximate surface area is 121 Å². The highest BCUT2D eigenvalue weighted by Crippen LogP contribution is 2.33. The molecule has 4 heteroatoms. The first-order valence-corrected chi connectivity index (χ1v) is 7.29. The second kappa shape index (κ2) is 5.51. The van der Waals surface area contributed by atoms with E-state index < -0.39 is 0 Å². The molecule has 0 aliphatic rings. The summed E-state index contributed by atoms with van der Waals surface area (Å²) in [6.07, 6.45) is 0. The molecule has 3 nitrogen and oxygen atoms in total. The van der Waals surface area contributed by atoms with E-state index in [1.807, 2.05) is 49.4 Å². The molecule has 0 spiro atoms. The van der Waals surface area contributed by atoms with Crippen molar-refractivity contribution in [2.75, 3.05) is 13.7 Å². The third kappa shape index (κ3) is 2.47. The van der Waals surface area contributed by atoms with E-state index in [1.165, 1.54) is 0 Å². The van der Waals surface area contributed by atoms with Crippen LogP contribution in [0.4, 0.5) is 0 Å². The molecule has 3 rings (SSSR count). The van der Waals surface area contributed by atoms with Crippen molar-refractivity contribution in [2.45, 2.75) is 6.92 Å². The van der Waals surface area contributed by atoms with Gasteiger partial charge in [-0.15, -0.1) is 11.3 Å². The SMILES string of the molecule is CCOc1ccc2nc(-c3cccc(OC)c3)sc2c1. The number of rotatable bonds is 4. The molecule has 0 amide bonds. The highest BCUT2D eigenvalue weighted by atomic mass is 32.1. The minimum absolute atomic E-state index is 0.674. The van der Waals surface area contributed by atoms with E-state index in [-0.39, 0.29) is 0 Å². The quantitative estimate of drug-likeness (QED) is 0.713. The fraction of sp³-hybridized carbons (Fsp3) is 0.188. The van der Waals surface area contributed by atoms with E-state index in [2.05, 4.69) is 4.98 Å². The third-order valence-corrected chi connectivity index (χ3v) is 4.05. The van der Waals surface area contributed by atoms with Gasteiger partial charge in [-0.25, -0.2) is 4.98 Å². The Balaban J connectivity index is 2.03. The molecular weight excluding hydrogens is 270 g/mol. The molecule has 0 saturated carbocycles. The number of thiazole rings is 1. The van der Waals surface area contributed by atoms with Gasteiger partial charge in [0, 0.05) is 5.56 Å². The van der Waals surface area contributed by atoms with Crippen LogP contribution in [0.25, 0.3) is 20.8 Å². The number of aromatic nitrogens is 1. The van der Waals surface area contributed by atoms with E-state index in [0.29, 0.717) is 6.61 Å². The predicted octanol–water partition coefficient (Wildman–Crippen LogP) is 4.37. The maximum Gasteiger partial charge on any atom is 0.124 e. The highest BCUT2D eigenvalue weighted by molar-refractivity contribution is 7.21. The molecule has 0 saturated heterocycles. The summed E-state index contributed by atoms with van der Waals surface area (Å²) in [4.78, 5) is 4.67. The molecule has 0 atom stereocenters. The fourth-order valence-corrected chi connectivity index (χ4v) is 3.03. The lowest BCUT2D eigenvalue weighted by atomic mass is 10.2. The van der Waals surface area contributed by atoms with Crippen molar-refractivity contribution in [3.8, 4) is 22.1 Å². The van der Waals surface area contributed by atoms with Crippen LogP contribution >= 0.6 is 11.3 Å². The lowest BCUT2D eigenvalue weighted by Crippen LogP contribution is -1.89. The molecule has 0 aliphatic heterocycles. The average Bonchev–Trinajstić information content (AvgIpc) is 2.91. The largest absolute Gasteiger partial charge is 0.497 e. The van der Waals surface area contributed by atoms with Gasteiger partial charge < -0.3 is 9.47 Å². The van der Waals surface area contributed by atoms with Crippen molar-refractivity contribution in [1.82, 2.24) is 4.98 Å². The second-order valence-electron chi connectivity index (χ2n) is 4.31. The molecule has 102 valence electrons. The van der Waals surface area contributed by atoms with Crippen LogP contribution in [0.1, 0.15) is 6.92 Å². The van der Waals surface area contributed by atoms with Gasteiger partial charge in [0.05, 0.1) is 23.9 Å². The summed E-state index contributed by atoms with van der Waals surface area (Å²) in [5.74, 6) is 1.73. The maximum absolute atomic E-state index is 5.52. The zero-order valence-electron chi connectivity index (χ0n) is 11.4. The van der Waals surface area contributed by atoms with Gasteiger partial charge in [-0.1, -0.05) is 12.1 Å². The number of fused-ring (bicyclic) bond motifs is 1. The van der Waals surface area contributed by atoms with Crippen LogP contribution in [0.5, 0.6) is 11.5 Å². The van der Waals surface area contributed by atoms with Gasteiger partial charge in [-0.2, -0.15) is 0 Å². The van der Waals surface area contributed by atoms with Crippen LogP contribution in [0, 0.1) is 0 Å². The first-order valence-electron chi connectivity index (χ1n) is 6.48. The topological polar surface area (TPSA) is 31.4 Å². The van der Waals surface area contributed by atoms with Gasteiger partial charge in [0.15, 0.2) is 0 Å². The average molecular weight is 285 g/mol. The molecule has 20 heavy (non-hydrogen) atoms. The van der Waals surface area contributed by atoms with Gasteiger partial charge in [-0.05, 0) is 37.3 Å². The fourth-order valence-electron chi connectivity index (χ4n) is 2.04. The molecule has 0 radical (unpaired) electrons. The maximum atomic E-state index is 5.52. The molecule has 1 heterocycles. The number of nitrogens with zero attached hydrogens (tertiary/aromatic N) is 1. The van der Waals surface area contributed by atoms with Crippen molar-refractivity contribution < 1.29 is 9.47 Å². The number of ether oxygens (including phenoxy) is 2. The van der Waals surface area contributed by atoms with Crippen LogP contribution in [0.15, 0.2) is 42.5 Å². The van der Waals surface area contributed by atoms with Gasteiger partial charge in [0.1, 0.15) is 16.5 Å². The Hall–Kier alpha value is -2.07. The smallest absolute Gasteiger partial charge is 0.124 e. The normalized spacial score (nSPS) is 10.7. The van der Waals surface area contributed by atoms with E-state index in [0.717, 1.165) is 32.3 Å². The Morgan fingerprint density at radius 2 is 2.00 bits per heavy atom. The molecule has 0 unspecified atom stereocenters. The Morgan fingerprint density at radius 3 is 2.80 bits per heavy atom. The summed E-state index contributed by atoms with van der Waals surface area (Å²) in [5, 5.41) is 0.993. The van der Waals surface area contributed by atoms with Crippen molar-refractivity contribution in [1.29, 1.82) is 0 Å². The van der Waals surface area contributed by atoms with Gasteiger partial charge >= 0.3 is 0 Å². The van der Waals surface area contributed by atoms with Crippen LogP contribution < -0.4 is 9.47 Å². The molecule has 1 aromatic heterocycles. The van der Waals surface area contributed by atoms with Crippen LogP contribution in [-0.4, -0.2) is 18.7 Å². The standard InChI is InChI=1S/C16H15NO2S/c1-3-19-13-7-8-14-15(10-13)20-16(17-14)11-5-4-6-12(9-11)18-2/h4-10H,3H2,1-2H3. The van der Waals surface area contributed by atoms with Gasteiger partial charge in [0.2, 0.25) is 0 Å². The first kappa shape index (κ1) is 12.9. The zero-order chi connectivity index (χ0) is 13.9. The van der Waals surface area contributed by atoms with E-state index in [4.69, 9.17) is 9.47 Å². The molecule has 0 bridgehead atoms. The van der Waals surface area contributed by atoms with Gasteiger partial charge in [-0.3, -0.25) is 0 Å². The van der Waals surface area contributed by atoms with Crippen molar-refractivity contribution in [3.63, 3.8) is 0 Å². The lowest BCUT2D eigenvalue weighted by molar-refractivity contribution is 0.341. The van der Waals surface area contributed by atoms with E-state index in [1.54, 1.807) is 18.4 Å². The highest BCUT2D eigenvalue weighted by Gasteiger charge is 2.08. The summed E-state index contributed by atoms with van der Waals surface area (Å²) in [7, 11) is 1.67. The van der Waals surface area contributed by atoms with Crippen LogP contribution in [0.3, 0.4) is 0 Å². The summed E-state index contributed by atoms with van der Waals surface area (Å²) >= 11 is 1.66. The Kier molecular flexibility index (Phi) is 3.56. The van der Waals surface area contributed by atoms with E-state index in [9.17, 15) is 0 Å². The minimum Gasteiger partial charge on any atom is -0.497 e. The lowest BCUT2D eigenvalue weighted by Gasteiger charge is -2.00. The third-order valence-electron chi connectivity index (χ3n) is 2.99. The number of benzene rings is 2. The minimum atomic E-state index is 0.674. The monoisotopic (exact) mass is 285 g/mol. The summed E-state index contributed by atoms with van der Waals surface area (Å²) in [6, 6.07) is 14.0. The Bertz CT molecular complexity index is 736. The molecule has 0 fully saturated rings. The second-order valence-corrected chi connectivity index (χ2v) is 5.34. The van der Waals surface area contributed by atoms with Crippen molar-refractivity contribution >= 4 is 21.6 Å². The molecule has 3 aromatic rings. The Morgan fingerprint density at radius 1 is 1.10 bits per heavy atom. The van der Waals surface area contributed by atoms with E-state index >= 15 is 0 Å². The predicted molar refractivity (Wildman–Crippen MR) is 82.8 cm³/mol. The molecular formula is C16H15NO2S. The zero-order valence-corrected chi connectivity index (χ0v) is 12.2. The summed E-state index contributed by atoms with van der Waals surface area (Å²) in [6.45, 7) is 2.66. The molecule has 0 N–H and O–H groups in total. The molecule has 0 aliphatic carbocycles. The van der Waals surface area contributed by atoms with Crippen LogP contribution in [0.2, 0.25) is 0 Å². The summed E-state index contributed by atoms with van der Waals surface area (Å²) < 4.78 is 11.9.